The molecule has 1 N–H and O–H groups in total. The van der Waals surface area contributed by atoms with Crippen LogP contribution in [0, 0.1) is 10.1 Å². The highest BCUT2D eigenvalue weighted by Crippen LogP contribution is 2.25. The van der Waals surface area contributed by atoms with E-state index in [9.17, 15) is 14.9 Å². The molecule has 7 nitrogen and oxygen atoms in total. The molecule has 7 heteroatoms. The van der Waals surface area contributed by atoms with Crippen molar-refractivity contribution in [1.29, 1.82) is 0 Å². The number of methoxy groups -OCH3 is 1. The van der Waals surface area contributed by atoms with E-state index in [-0.39, 0.29) is 11.3 Å². The van der Waals surface area contributed by atoms with Gasteiger partial charge >= 0.3 is 5.97 Å². The van der Waals surface area contributed by atoms with Crippen molar-refractivity contribution in [3.63, 3.8) is 0 Å². The van der Waals surface area contributed by atoms with E-state index in [0.29, 0.717) is 25.4 Å². The molecule has 0 saturated heterocycles. The van der Waals surface area contributed by atoms with E-state index in [2.05, 4.69) is 10.1 Å². The largest absolute Gasteiger partial charge is 0.465 e. The fourth-order valence-corrected chi connectivity index (χ4v) is 1.73. The lowest BCUT2D eigenvalue weighted by atomic mass is 10.1. The number of anilines is 1. The van der Waals surface area contributed by atoms with Gasteiger partial charge in [-0.25, -0.2) is 4.79 Å². The van der Waals surface area contributed by atoms with E-state index in [4.69, 9.17) is 4.74 Å². The van der Waals surface area contributed by atoms with Gasteiger partial charge in [0.15, 0.2) is 0 Å². The van der Waals surface area contributed by atoms with Crippen LogP contribution in [0.5, 0.6) is 0 Å². The first-order chi connectivity index (χ1) is 10.1. The van der Waals surface area contributed by atoms with Crippen molar-refractivity contribution in [1.82, 2.24) is 0 Å². The van der Waals surface area contributed by atoms with Gasteiger partial charge in [-0.1, -0.05) is 6.92 Å². The normalized spacial score (nSPS) is 10.2. The molecule has 0 bridgehead atoms. The molecule has 0 heterocycles. The Bertz CT molecular complexity index is 490. The van der Waals surface area contributed by atoms with Crippen molar-refractivity contribution < 1.29 is 19.2 Å². The molecule has 1 aromatic rings. The van der Waals surface area contributed by atoms with Gasteiger partial charge in [0.2, 0.25) is 0 Å². The number of esters is 1. The number of nitrogens with one attached hydrogen (secondary N) is 1. The van der Waals surface area contributed by atoms with Crippen LogP contribution in [0.3, 0.4) is 0 Å². The average molecular weight is 296 g/mol. The molecule has 0 aliphatic rings. The van der Waals surface area contributed by atoms with Gasteiger partial charge in [-0.15, -0.1) is 0 Å². The van der Waals surface area contributed by atoms with Gasteiger partial charge < -0.3 is 14.8 Å². The third-order valence-corrected chi connectivity index (χ3v) is 2.74. The number of hydrogen-bond acceptors (Lipinski definition) is 6. The highest BCUT2D eigenvalue weighted by Gasteiger charge is 2.16. The van der Waals surface area contributed by atoms with Crippen LogP contribution in [0.1, 0.15) is 30.1 Å². The summed E-state index contributed by atoms with van der Waals surface area (Å²) in [5.41, 5.74) is 0.503. The number of hydrogen-bond donors (Lipinski definition) is 1. The number of carbonyl (C=O) groups is 1. The quantitative estimate of drug-likeness (QED) is 0.326. The van der Waals surface area contributed by atoms with Crippen molar-refractivity contribution in [3.8, 4) is 0 Å². The summed E-state index contributed by atoms with van der Waals surface area (Å²) in [6.07, 6.45) is 1.68. The second-order valence-corrected chi connectivity index (χ2v) is 4.37. The van der Waals surface area contributed by atoms with Crippen molar-refractivity contribution >= 4 is 17.3 Å². The van der Waals surface area contributed by atoms with Crippen LogP contribution in [0.25, 0.3) is 0 Å². The molecule has 0 aliphatic carbocycles. The minimum atomic E-state index is -0.528. The molecule has 0 radical (unpaired) electrons. The summed E-state index contributed by atoms with van der Waals surface area (Å²) in [5, 5.41) is 13.9. The standard InChI is InChI=1S/C14H20N2O5/c1-3-8-21-9-4-7-15-12-10-11(14(17)20-2)5-6-13(12)16(18)19/h5-6,10,15H,3-4,7-9H2,1-2H3. The lowest BCUT2D eigenvalue weighted by Crippen LogP contribution is -2.09. The summed E-state index contributed by atoms with van der Waals surface area (Å²) in [5.74, 6) is -0.528. The highest BCUT2D eigenvalue weighted by molar-refractivity contribution is 5.91. The van der Waals surface area contributed by atoms with Gasteiger partial charge in [-0.3, -0.25) is 10.1 Å². The van der Waals surface area contributed by atoms with Crippen molar-refractivity contribution in [3.05, 3.63) is 33.9 Å². The Morgan fingerprint density at radius 2 is 2.14 bits per heavy atom. The van der Waals surface area contributed by atoms with Crippen LogP contribution < -0.4 is 5.32 Å². The molecule has 21 heavy (non-hydrogen) atoms. The lowest BCUT2D eigenvalue weighted by Gasteiger charge is -2.09. The molecular formula is C14H20N2O5. The average Bonchev–Trinajstić information content (AvgIpc) is 2.49. The van der Waals surface area contributed by atoms with E-state index in [0.717, 1.165) is 12.8 Å². The Morgan fingerprint density at radius 1 is 1.38 bits per heavy atom. The van der Waals surface area contributed by atoms with Crippen LogP contribution in [0.4, 0.5) is 11.4 Å². The summed E-state index contributed by atoms with van der Waals surface area (Å²) in [6.45, 7) is 3.85. The molecular weight excluding hydrogens is 276 g/mol. The van der Waals surface area contributed by atoms with Gasteiger partial charge in [0.05, 0.1) is 17.6 Å². The Hall–Kier alpha value is -2.15. The van der Waals surface area contributed by atoms with Gasteiger partial charge in [-0.2, -0.15) is 0 Å². The second-order valence-electron chi connectivity index (χ2n) is 4.37. The van der Waals surface area contributed by atoms with Crippen molar-refractivity contribution in [2.75, 3.05) is 32.2 Å². The fraction of sp³-hybridized carbons (Fsp3) is 0.500. The maximum atomic E-state index is 11.5. The molecule has 1 aromatic carbocycles. The molecule has 1 rings (SSSR count). The summed E-state index contributed by atoms with van der Waals surface area (Å²) in [7, 11) is 1.27. The molecule has 0 saturated carbocycles. The smallest absolute Gasteiger partial charge is 0.337 e. The molecule has 0 aliphatic heterocycles. The first kappa shape index (κ1) is 16.9. The third kappa shape index (κ3) is 5.39. The summed E-state index contributed by atoms with van der Waals surface area (Å²) in [6, 6.07) is 4.10. The van der Waals surface area contributed by atoms with Gasteiger partial charge in [0, 0.05) is 25.8 Å². The summed E-state index contributed by atoms with van der Waals surface area (Å²) in [4.78, 5) is 21.9. The maximum absolute atomic E-state index is 11.5. The van der Waals surface area contributed by atoms with E-state index >= 15 is 0 Å². The molecule has 116 valence electrons. The number of nitrogens with zero attached hydrogens (tertiary/aromatic N) is 1. The van der Waals surface area contributed by atoms with Gasteiger partial charge in [0.25, 0.3) is 5.69 Å². The zero-order valence-electron chi connectivity index (χ0n) is 12.3. The first-order valence-electron chi connectivity index (χ1n) is 6.78. The van der Waals surface area contributed by atoms with Gasteiger partial charge in [0.1, 0.15) is 5.69 Å². The van der Waals surface area contributed by atoms with Crippen LogP contribution in [-0.2, 0) is 9.47 Å². The zero-order valence-corrected chi connectivity index (χ0v) is 12.3. The minimum absolute atomic E-state index is 0.0721. The Morgan fingerprint density at radius 3 is 2.76 bits per heavy atom. The minimum Gasteiger partial charge on any atom is -0.465 e. The Labute approximate surface area is 123 Å². The first-order valence-corrected chi connectivity index (χ1v) is 6.78. The number of nitro benzene ring substituents is 1. The SMILES string of the molecule is CCCOCCCNc1cc(C(=O)OC)ccc1[N+](=O)[O-]. The van der Waals surface area contributed by atoms with Crippen molar-refractivity contribution in [2.24, 2.45) is 0 Å². The van der Waals surface area contributed by atoms with E-state index < -0.39 is 10.9 Å². The number of nitro groups is 1. The predicted molar refractivity (Wildman–Crippen MR) is 78.7 cm³/mol. The summed E-state index contributed by atoms with van der Waals surface area (Å²) >= 11 is 0. The highest BCUT2D eigenvalue weighted by atomic mass is 16.6. The van der Waals surface area contributed by atoms with Crippen LogP contribution in [0.2, 0.25) is 0 Å². The third-order valence-electron chi connectivity index (χ3n) is 2.74. The van der Waals surface area contributed by atoms with Crippen LogP contribution in [0.15, 0.2) is 18.2 Å². The Kier molecular flexibility index (Phi) is 7.17. The fourth-order valence-electron chi connectivity index (χ4n) is 1.73. The predicted octanol–water partition coefficient (Wildman–Crippen LogP) is 2.61. The molecule has 0 aromatic heterocycles. The van der Waals surface area contributed by atoms with Gasteiger partial charge in [-0.05, 0) is 25.0 Å². The van der Waals surface area contributed by atoms with Crippen molar-refractivity contribution in [2.45, 2.75) is 19.8 Å². The molecule has 0 amide bonds. The monoisotopic (exact) mass is 296 g/mol. The zero-order chi connectivity index (χ0) is 15.7. The number of carbonyl (C=O) groups excluding carboxylic acids is 1. The van der Waals surface area contributed by atoms with E-state index in [1.165, 1.54) is 25.3 Å². The molecule has 0 fully saturated rings. The lowest BCUT2D eigenvalue weighted by molar-refractivity contribution is -0.384. The summed E-state index contributed by atoms with van der Waals surface area (Å²) < 4.78 is 9.93. The number of benzene rings is 1. The second kappa shape index (κ2) is 8.91. The van der Waals surface area contributed by atoms with Crippen LogP contribution in [-0.4, -0.2) is 37.8 Å². The maximum Gasteiger partial charge on any atom is 0.337 e. The molecule has 0 atom stereocenters. The number of ether oxygens (including phenoxy) is 2. The number of rotatable bonds is 9. The topological polar surface area (TPSA) is 90.7 Å². The van der Waals surface area contributed by atoms with E-state index in [1.54, 1.807) is 0 Å². The molecule has 0 unspecified atom stereocenters. The molecule has 0 spiro atoms. The van der Waals surface area contributed by atoms with Crippen LogP contribution >= 0.6 is 0 Å². The van der Waals surface area contributed by atoms with E-state index in [1.807, 2.05) is 6.92 Å². The Balaban J connectivity index is 2.68.